The molecule has 9 heteroatoms. The zero-order chi connectivity index (χ0) is 19.4. The van der Waals surface area contributed by atoms with Crippen molar-refractivity contribution in [2.24, 2.45) is 0 Å². The maximum Gasteiger partial charge on any atom is 0.416 e. The van der Waals surface area contributed by atoms with Crippen molar-refractivity contribution >= 4 is 29.0 Å². The molecule has 0 aliphatic heterocycles. The fourth-order valence-corrected chi connectivity index (χ4v) is 3.12. The third kappa shape index (κ3) is 5.09. The highest BCUT2D eigenvalue weighted by molar-refractivity contribution is 6.33. The van der Waals surface area contributed by atoms with Crippen molar-refractivity contribution < 1.29 is 18.0 Å². The van der Waals surface area contributed by atoms with Crippen LogP contribution < -0.4 is 10.6 Å². The van der Waals surface area contributed by atoms with Gasteiger partial charge in [-0.25, -0.2) is 9.97 Å². The van der Waals surface area contributed by atoms with Crippen LogP contribution in [0.15, 0.2) is 30.6 Å². The van der Waals surface area contributed by atoms with E-state index in [1.807, 2.05) is 0 Å². The molecule has 1 saturated carbocycles. The van der Waals surface area contributed by atoms with Crippen LogP contribution in [0.25, 0.3) is 0 Å². The fraction of sp³-hybridized carbons (Fsp3) is 0.389. The first kappa shape index (κ1) is 19.4. The Morgan fingerprint density at radius 1 is 1.11 bits per heavy atom. The average Bonchev–Trinajstić information content (AvgIpc) is 2.64. The number of nitrogens with zero attached hydrogens (tertiary/aromatic N) is 2. The van der Waals surface area contributed by atoms with Crippen molar-refractivity contribution in [3.8, 4) is 0 Å². The predicted octanol–water partition coefficient (Wildman–Crippen LogP) is 4.95. The molecule has 0 atom stereocenters. The van der Waals surface area contributed by atoms with Crippen LogP contribution in [-0.4, -0.2) is 21.9 Å². The molecule has 2 aromatic rings. The quantitative estimate of drug-likeness (QED) is 0.764. The Hall–Kier alpha value is -2.35. The van der Waals surface area contributed by atoms with Crippen LogP contribution in [0.3, 0.4) is 0 Å². The molecule has 0 radical (unpaired) electrons. The van der Waals surface area contributed by atoms with Crippen molar-refractivity contribution in [2.75, 3.05) is 5.32 Å². The molecule has 1 heterocycles. The lowest BCUT2D eigenvalue weighted by molar-refractivity contribution is -0.137. The molecule has 1 aliphatic carbocycles. The lowest BCUT2D eigenvalue weighted by Crippen LogP contribution is -2.36. The highest BCUT2D eigenvalue weighted by Gasteiger charge is 2.31. The van der Waals surface area contributed by atoms with E-state index >= 15 is 0 Å². The first-order valence-electron chi connectivity index (χ1n) is 8.59. The summed E-state index contributed by atoms with van der Waals surface area (Å²) in [6.45, 7) is 0. The van der Waals surface area contributed by atoms with Crippen molar-refractivity contribution in [3.63, 3.8) is 0 Å². The summed E-state index contributed by atoms with van der Waals surface area (Å²) in [7, 11) is 0. The molecule has 3 rings (SSSR count). The topological polar surface area (TPSA) is 66.9 Å². The molecule has 1 aromatic heterocycles. The summed E-state index contributed by atoms with van der Waals surface area (Å²) in [6.07, 6.45) is 3.36. The van der Waals surface area contributed by atoms with E-state index in [-0.39, 0.29) is 34.2 Å². The Bertz CT molecular complexity index is 805. The van der Waals surface area contributed by atoms with Gasteiger partial charge in [0.1, 0.15) is 11.5 Å². The number of carbonyl (C=O) groups excluding carboxylic acids is 1. The molecule has 0 bridgehead atoms. The van der Waals surface area contributed by atoms with Gasteiger partial charge in [0.15, 0.2) is 0 Å². The molecular weight excluding hydrogens is 381 g/mol. The first-order valence-corrected chi connectivity index (χ1v) is 8.97. The van der Waals surface area contributed by atoms with Crippen LogP contribution in [-0.2, 0) is 6.18 Å². The minimum atomic E-state index is -4.48. The van der Waals surface area contributed by atoms with Crippen molar-refractivity contribution in [1.29, 1.82) is 0 Å². The van der Waals surface area contributed by atoms with Gasteiger partial charge in [-0.15, -0.1) is 0 Å². The number of rotatable bonds is 4. The Morgan fingerprint density at radius 2 is 1.85 bits per heavy atom. The Morgan fingerprint density at radius 3 is 2.48 bits per heavy atom. The number of nitrogens with one attached hydrogen (secondary N) is 2. The van der Waals surface area contributed by atoms with Gasteiger partial charge in [-0.2, -0.15) is 13.2 Å². The van der Waals surface area contributed by atoms with Crippen LogP contribution in [0.2, 0.25) is 5.02 Å². The maximum absolute atomic E-state index is 12.8. The summed E-state index contributed by atoms with van der Waals surface area (Å²) in [5.41, 5.74) is -0.618. The van der Waals surface area contributed by atoms with Crippen LogP contribution >= 0.6 is 11.6 Å². The number of hydrogen-bond donors (Lipinski definition) is 2. The van der Waals surface area contributed by atoms with Crippen molar-refractivity contribution in [1.82, 2.24) is 15.3 Å². The molecule has 5 nitrogen and oxygen atoms in total. The summed E-state index contributed by atoms with van der Waals surface area (Å²) in [4.78, 5) is 20.3. The number of anilines is 2. The van der Waals surface area contributed by atoms with Crippen LogP contribution in [0.1, 0.15) is 48.2 Å². The van der Waals surface area contributed by atoms with Gasteiger partial charge in [0.2, 0.25) is 0 Å². The summed E-state index contributed by atoms with van der Waals surface area (Å²) < 4.78 is 38.5. The van der Waals surface area contributed by atoms with E-state index in [4.69, 9.17) is 11.6 Å². The van der Waals surface area contributed by atoms with Gasteiger partial charge in [-0.1, -0.05) is 30.9 Å². The van der Waals surface area contributed by atoms with Crippen LogP contribution in [0, 0.1) is 0 Å². The second-order valence-electron chi connectivity index (χ2n) is 6.41. The number of hydrogen-bond acceptors (Lipinski definition) is 4. The zero-order valence-electron chi connectivity index (χ0n) is 14.3. The molecule has 1 aromatic carbocycles. The van der Waals surface area contributed by atoms with Gasteiger partial charge >= 0.3 is 6.18 Å². The number of amides is 1. The van der Waals surface area contributed by atoms with Gasteiger partial charge in [-0.05, 0) is 31.0 Å². The first-order chi connectivity index (χ1) is 12.8. The molecule has 2 N–H and O–H groups in total. The molecule has 27 heavy (non-hydrogen) atoms. The lowest BCUT2D eigenvalue weighted by atomic mass is 9.95. The van der Waals surface area contributed by atoms with Gasteiger partial charge < -0.3 is 10.6 Å². The molecule has 1 amide bonds. The van der Waals surface area contributed by atoms with Gasteiger partial charge in [0, 0.05) is 6.04 Å². The largest absolute Gasteiger partial charge is 0.416 e. The smallest absolute Gasteiger partial charge is 0.348 e. The van der Waals surface area contributed by atoms with E-state index in [2.05, 4.69) is 20.6 Å². The molecule has 0 saturated heterocycles. The van der Waals surface area contributed by atoms with Crippen molar-refractivity contribution in [3.05, 3.63) is 46.9 Å². The third-order valence-corrected chi connectivity index (χ3v) is 4.71. The Kier molecular flexibility index (Phi) is 5.84. The van der Waals surface area contributed by atoms with E-state index in [0.29, 0.717) is 0 Å². The van der Waals surface area contributed by atoms with Gasteiger partial charge in [-0.3, -0.25) is 4.79 Å². The number of carbonyl (C=O) groups is 1. The molecule has 0 unspecified atom stereocenters. The average molecular weight is 399 g/mol. The fourth-order valence-electron chi connectivity index (χ4n) is 2.95. The second-order valence-corrected chi connectivity index (χ2v) is 6.82. The van der Waals surface area contributed by atoms with E-state index in [1.54, 1.807) is 0 Å². The molecule has 144 valence electrons. The minimum Gasteiger partial charge on any atom is -0.348 e. The number of alkyl halides is 3. The Balaban J connectivity index is 1.68. The number of benzene rings is 1. The number of halogens is 4. The van der Waals surface area contributed by atoms with E-state index in [1.165, 1.54) is 18.8 Å². The highest BCUT2D eigenvalue weighted by Crippen LogP contribution is 2.34. The van der Waals surface area contributed by atoms with Crippen LogP contribution in [0.5, 0.6) is 0 Å². The zero-order valence-corrected chi connectivity index (χ0v) is 15.1. The normalized spacial score (nSPS) is 15.4. The highest BCUT2D eigenvalue weighted by atomic mass is 35.5. The maximum atomic E-state index is 12.8. The van der Waals surface area contributed by atoms with Gasteiger partial charge in [0.25, 0.3) is 5.91 Å². The summed E-state index contributed by atoms with van der Waals surface area (Å²) in [5, 5.41) is 5.74. The van der Waals surface area contributed by atoms with E-state index in [0.717, 1.165) is 43.9 Å². The number of aromatic nitrogens is 2. The lowest BCUT2D eigenvalue weighted by Gasteiger charge is -2.22. The monoisotopic (exact) mass is 398 g/mol. The molecule has 1 aliphatic rings. The van der Waals surface area contributed by atoms with E-state index in [9.17, 15) is 18.0 Å². The summed E-state index contributed by atoms with van der Waals surface area (Å²) >= 11 is 5.94. The molecular formula is C18H18ClF3N4O. The standard InChI is InChI=1S/C18H18ClF3N4O/c19-13-7-6-11(18(20,21)22)8-14(13)26-16-10-23-15(9-24-16)17(27)25-12-4-2-1-3-5-12/h6-10,12H,1-5H2,(H,24,26)(H,25,27). The van der Waals surface area contributed by atoms with Crippen molar-refractivity contribution in [2.45, 2.75) is 44.3 Å². The third-order valence-electron chi connectivity index (χ3n) is 4.38. The SMILES string of the molecule is O=C(NC1CCCCC1)c1cnc(Nc2cc(C(F)(F)F)ccc2Cl)cn1. The summed E-state index contributed by atoms with van der Waals surface area (Å²) in [6, 6.07) is 3.10. The summed E-state index contributed by atoms with van der Waals surface area (Å²) in [5.74, 6) is -0.122. The molecule has 1 fully saturated rings. The minimum absolute atomic E-state index is 0.0557. The molecule has 0 spiro atoms. The van der Waals surface area contributed by atoms with Gasteiger partial charge in [0.05, 0.1) is 28.7 Å². The second kappa shape index (κ2) is 8.12. The Labute approximate surface area is 159 Å². The predicted molar refractivity (Wildman–Crippen MR) is 96.1 cm³/mol. The van der Waals surface area contributed by atoms with E-state index < -0.39 is 11.7 Å². The van der Waals surface area contributed by atoms with Crippen LogP contribution in [0.4, 0.5) is 24.7 Å².